The molecule has 1 fully saturated rings. The molecule has 0 bridgehead atoms. The van der Waals surface area contributed by atoms with E-state index in [0.717, 1.165) is 24.1 Å². The van der Waals surface area contributed by atoms with Crippen molar-refractivity contribution in [3.05, 3.63) is 36.4 Å². The van der Waals surface area contributed by atoms with E-state index in [4.69, 9.17) is 0 Å². The molecule has 1 aromatic carbocycles. The van der Waals surface area contributed by atoms with E-state index in [1.54, 1.807) is 34.1 Å². The molecule has 3 rings (SSSR count). The van der Waals surface area contributed by atoms with E-state index in [-0.39, 0.29) is 11.9 Å². The van der Waals surface area contributed by atoms with Crippen molar-refractivity contribution in [1.82, 2.24) is 24.6 Å². The lowest BCUT2D eigenvalue weighted by Gasteiger charge is -2.39. The van der Waals surface area contributed by atoms with Crippen molar-refractivity contribution < 1.29 is 9.59 Å². The number of carbonyl (C=O) groups excluding carboxylic acids is 2. The molecule has 3 amide bonds. The molecule has 1 N–H and O–H groups in total. The summed E-state index contributed by atoms with van der Waals surface area (Å²) in [6, 6.07) is 5.13. The molecule has 0 unspecified atom stereocenters. The first-order valence-electron chi connectivity index (χ1n) is 9.29. The molecule has 0 radical (unpaired) electrons. The zero-order chi connectivity index (χ0) is 19.4. The van der Waals surface area contributed by atoms with Crippen LogP contribution in [0.4, 0.5) is 10.5 Å². The van der Waals surface area contributed by atoms with Crippen molar-refractivity contribution in [3.63, 3.8) is 0 Å². The van der Waals surface area contributed by atoms with Gasteiger partial charge in [-0.25, -0.2) is 4.79 Å². The number of rotatable bonds is 5. The lowest BCUT2D eigenvalue weighted by molar-refractivity contribution is -0.138. The number of likely N-dealkylation sites (N-methyl/N-ethyl adjacent to an activating group) is 1. The molecule has 144 valence electrons. The minimum Gasteiger partial charge on any atom is -0.342 e. The van der Waals surface area contributed by atoms with Gasteiger partial charge in [0.25, 0.3) is 0 Å². The van der Waals surface area contributed by atoms with Crippen molar-refractivity contribution in [2.75, 3.05) is 25.5 Å². The number of nitrogens with one attached hydrogen (secondary N) is 1. The smallest absolute Gasteiger partial charge is 0.322 e. The number of unbranched alkanes of at least 4 members (excludes halogenated alkanes) is 1. The number of anilines is 1. The van der Waals surface area contributed by atoms with Crippen LogP contribution >= 0.6 is 0 Å². The van der Waals surface area contributed by atoms with Gasteiger partial charge in [0.05, 0.1) is 5.69 Å². The Morgan fingerprint density at radius 3 is 2.70 bits per heavy atom. The van der Waals surface area contributed by atoms with Gasteiger partial charge in [-0.05, 0) is 31.0 Å². The topological polar surface area (TPSA) is 83.4 Å². The highest BCUT2D eigenvalue weighted by Crippen LogP contribution is 2.22. The lowest BCUT2D eigenvalue weighted by Crippen LogP contribution is -2.58. The lowest BCUT2D eigenvalue weighted by atomic mass is 10.0. The Balaban J connectivity index is 1.79. The summed E-state index contributed by atoms with van der Waals surface area (Å²) in [4.78, 5) is 28.9. The summed E-state index contributed by atoms with van der Waals surface area (Å²) in [5, 5.41) is 10.6. The minimum absolute atomic E-state index is 0.0137. The van der Waals surface area contributed by atoms with Crippen LogP contribution in [-0.4, -0.2) is 62.7 Å². The number of hydrogen-bond donors (Lipinski definition) is 1. The van der Waals surface area contributed by atoms with E-state index >= 15 is 0 Å². The zero-order valence-electron chi connectivity index (χ0n) is 16.1. The molecule has 8 nitrogen and oxygen atoms in total. The van der Waals surface area contributed by atoms with Crippen LogP contribution in [0.15, 0.2) is 30.9 Å². The number of urea groups is 1. The van der Waals surface area contributed by atoms with Crippen molar-refractivity contribution in [3.8, 4) is 5.69 Å². The maximum atomic E-state index is 13.0. The first-order valence-corrected chi connectivity index (χ1v) is 9.29. The Kier molecular flexibility index (Phi) is 5.73. The highest BCUT2D eigenvalue weighted by Gasteiger charge is 2.35. The number of hydrogen-bond acceptors (Lipinski definition) is 4. The molecule has 27 heavy (non-hydrogen) atoms. The maximum absolute atomic E-state index is 13.0. The third-order valence-corrected chi connectivity index (χ3v) is 4.99. The van der Waals surface area contributed by atoms with Crippen LogP contribution in [0.3, 0.4) is 0 Å². The largest absolute Gasteiger partial charge is 0.342 e. The van der Waals surface area contributed by atoms with Crippen LogP contribution in [0.25, 0.3) is 5.69 Å². The highest BCUT2D eigenvalue weighted by atomic mass is 16.2. The van der Waals surface area contributed by atoms with Crippen LogP contribution in [0.1, 0.15) is 31.7 Å². The third-order valence-electron chi connectivity index (χ3n) is 4.99. The molecular weight excluding hydrogens is 344 g/mol. The van der Waals surface area contributed by atoms with E-state index in [9.17, 15) is 9.59 Å². The molecule has 0 spiro atoms. The van der Waals surface area contributed by atoms with Crippen molar-refractivity contribution >= 4 is 17.6 Å². The first kappa shape index (κ1) is 18.9. The molecule has 0 saturated carbocycles. The van der Waals surface area contributed by atoms with Gasteiger partial charge in [-0.1, -0.05) is 25.8 Å². The summed E-state index contributed by atoms with van der Waals surface area (Å²) in [7, 11) is 1.79. The van der Waals surface area contributed by atoms with E-state index in [0.29, 0.717) is 25.2 Å². The zero-order valence-corrected chi connectivity index (χ0v) is 16.1. The molecule has 1 atom stereocenters. The Hall–Kier alpha value is -2.90. The Labute approximate surface area is 159 Å². The summed E-state index contributed by atoms with van der Waals surface area (Å²) >= 11 is 0. The summed E-state index contributed by atoms with van der Waals surface area (Å²) in [5.41, 5.74) is 2.52. The van der Waals surface area contributed by atoms with Crippen LogP contribution in [-0.2, 0) is 4.79 Å². The molecular formula is C19H26N6O2. The van der Waals surface area contributed by atoms with Gasteiger partial charge in [-0.2, -0.15) is 0 Å². The van der Waals surface area contributed by atoms with Gasteiger partial charge < -0.3 is 15.1 Å². The van der Waals surface area contributed by atoms with E-state index in [1.807, 2.05) is 25.1 Å². The number of amides is 3. The number of nitrogens with zero attached hydrogens (tertiary/aromatic N) is 5. The van der Waals surface area contributed by atoms with E-state index in [1.165, 1.54) is 0 Å². The SMILES string of the molecule is CCCC[C@H]1C(=O)N(C)CCN1C(=O)Nc1cc(-n2cnnc2)ccc1C. The van der Waals surface area contributed by atoms with Crippen molar-refractivity contribution in [2.45, 2.75) is 39.2 Å². The second kappa shape index (κ2) is 8.20. The second-order valence-corrected chi connectivity index (χ2v) is 6.91. The molecule has 2 heterocycles. The average Bonchev–Trinajstić information content (AvgIpc) is 3.19. The predicted octanol–water partition coefficient (Wildman–Crippen LogP) is 2.44. The first-order chi connectivity index (χ1) is 13.0. The van der Waals surface area contributed by atoms with Crippen molar-refractivity contribution in [1.29, 1.82) is 0 Å². The molecule has 1 aromatic heterocycles. The van der Waals surface area contributed by atoms with E-state index < -0.39 is 6.04 Å². The number of carbonyl (C=O) groups is 2. The van der Waals surface area contributed by atoms with Gasteiger partial charge in [0.1, 0.15) is 18.7 Å². The molecule has 1 saturated heterocycles. The molecule has 2 aromatic rings. The van der Waals surface area contributed by atoms with Crippen LogP contribution in [0.5, 0.6) is 0 Å². The molecule has 0 aliphatic carbocycles. The second-order valence-electron chi connectivity index (χ2n) is 6.91. The summed E-state index contributed by atoms with van der Waals surface area (Å²) < 4.78 is 1.78. The standard InChI is InChI=1S/C19H26N6O2/c1-4-5-6-17-18(26)23(3)9-10-25(17)19(27)22-16-11-15(8-7-14(16)2)24-12-20-21-13-24/h7-8,11-13,17H,4-6,9-10H2,1-3H3,(H,22,27)/t17-/m0/s1. The number of aromatic nitrogens is 3. The van der Waals surface area contributed by atoms with Gasteiger partial charge in [0.2, 0.25) is 5.91 Å². The Bertz CT molecular complexity index is 805. The third kappa shape index (κ3) is 4.10. The predicted molar refractivity (Wildman–Crippen MR) is 103 cm³/mol. The quantitative estimate of drug-likeness (QED) is 0.876. The van der Waals surface area contributed by atoms with Gasteiger partial charge in [0, 0.05) is 25.8 Å². The number of benzene rings is 1. The molecule has 1 aliphatic rings. The fourth-order valence-electron chi connectivity index (χ4n) is 3.26. The van der Waals surface area contributed by atoms with Gasteiger partial charge in [0.15, 0.2) is 0 Å². The number of aryl methyl sites for hydroxylation is 1. The van der Waals surface area contributed by atoms with Gasteiger partial charge in [-0.3, -0.25) is 9.36 Å². The summed E-state index contributed by atoms with van der Waals surface area (Å²) in [6.07, 6.45) is 5.80. The van der Waals surface area contributed by atoms with E-state index in [2.05, 4.69) is 22.4 Å². The normalized spacial score (nSPS) is 17.3. The Morgan fingerprint density at radius 2 is 2.00 bits per heavy atom. The number of piperazine rings is 1. The average molecular weight is 370 g/mol. The minimum atomic E-state index is -0.398. The fraction of sp³-hybridized carbons (Fsp3) is 0.474. The van der Waals surface area contributed by atoms with Crippen LogP contribution in [0.2, 0.25) is 0 Å². The fourth-order valence-corrected chi connectivity index (χ4v) is 3.26. The van der Waals surface area contributed by atoms with Crippen LogP contribution in [0, 0.1) is 6.92 Å². The molecule has 1 aliphatic heterocycles. The van der Waals surface area contributed by atoms with Crippen molar-refractivity contribution in [2.24, 2.45) is 0 Å². The Morgan fingerprint density at radius 1 is 1.26 bits per heavy atom. The maximum Gasteiger partial charge on any atom is 0.322 e. The monoisotopic (exact) mass is 370 g/mol. The summed E-state index contributed by atoms with van der Waals surface area (Å²) in [5.74, 6) is 0.0137. The van der Waals surface area contributed by atoms with Gasteiger partial charge in [-0.15, -0.1) is 10.2 Å². The van der Waals surface area contributed by atoms with Crippen LogP contribution < -0.4 is 5.32 Å². The summed E-state index contributed by atoms with van der Waals surface area (Å²) in [6.45, 7) is 5.11. The van der Waals surface area contributed by atoms with Gasteiger partial charge >= 0.3 is 6.03 Å². The molecule has 8 heteroatoms. The highest BCUT2D eigenvalue weighted by molar-refractivity contribution is 5.95.